The topological polar surface area (TPSA) is 56.7 Å². The van der Waals surface area contributed by atoms with Crippen molar-refractivity contribution in [2.45, 2.75) is 6.92 Å². The van der Waals surface area contributed by atoms with Crippen molar-refractivity contribution in [1.29, 1.82) is 0 Å². The van der Waals surface area contributed by atoms with Gasteiger partial charge in [0.15, 0.2) is 0 Å². The molecule has 0 spiro atoms. The monoisotopic (exact) mass is 250 g/mol. The van der Waals surface area contributed by atoms with E-state index in [9.17, 15) is 0 Å². The normalized spacial score (nSPS) is 10.6. The van der Waals surface area contributed by atoms with Crippen LogP contribution in [0, 0.1) is 6.92 Å². The standard InChI is InChI=1S/C15H14N4/c1-11-8-17-6-5-15(11)19-10-13(9-18-19)12-3-2-4-14(16)7-12/h2-10H,16H2,1H3. The Bertz CT molecular complexity index is 715. The van der Waals surface area contributed by atoms with Crippen molar-refractivity contribution in [2.75, 3.05) is 5.73 Å². The molecule has 0 saturated carbocycles. The number of aryl methyl sites for hydroxylation is 1. The maximum atomic E-state index is 5.80. The molecular weight excluding hydrogens is 236 g/mol. The first-order valence-corrected chi connectivity index (χ1v) is 6.05. The molecule has 0 unspecified atom stereocenters. The van der Waals surface area contributed by atoms with E-state index in [-0.39, 0.29) is 0 Å². The Labute approximate surface area is 111 Å². The van der Waals surface area contributed by atoms with Gasteiger partial charge in [0.05, 0.1) is 11.9 Å². The first kappa shape index (κ1) is 11.5. The van der Waals surface area contributed by atoms with Crippen LogP contribution in [-0.4, -0.2) is 14.8 Å². The van der Waals surface area contributed by atoms with E-state index < -0.39 is 0 Å². The maximum absolute atomic E-state index is 5.80. The molecular formula is C15H14N4. The number of nitrogens with two attached hydrogens (primary N) is 1. The van der Waals surface area contributed by atoms with E-state index in [0.717, 1.165) is 28.1 Å². The van der Waals surface area contributed by atoms with Gasteiger partial charge in [-0.15, -0.1) is 0 Å². The summed E-state index contributed by atoms with van der Waals surface area (Å²) in [4.78, 5) is 4.09. The number of nitrogen functional groups attached to an aromatic ring is 1. The Morgan fingerprint density at radius 3 is 2.79 bits per heavy atom. The summed E-state index contributed by atoms with van der Waals surface area (Å²) < 4.78 is 1.86. The van der Waals surface area contributed by atoms with Gasteiger partial charge in [0.1, 0.15) is 0 Å². The molecule has 0 bridgehead atoms. The van der Waals surface area contributed by atoms with E-state index in [0.29, 0.717) is 0 Å². The predicted molar refractivity (Wildman–Crippen MR) is 75.9 cm³/mol. The number of nitrogens with zero attached hydrogens (tertiary/aromatic N) is 3. The van der Waals surface area contributed by atoms with Crippen molar-refractivity contribution in [3.63, 3.8) is 0 Å². The average Bonchev–Trinajstić information content (AvgIpc) is 2.89. The van der Waals surface area contributed by atoms with Crippen molar-refractivity contribution in [3.8, 4) is 16.8 Å². The Balaban J connectivity index is 2.03. The average molecular weight is 250 g/mol. The van der Waals surface area contributed by atoms with E-state index >= 15 is 0 Å². The third-order valence-corrected chi connectivity index (χ3v) is 3.04. The summed E-state index contributed by atoms with van der Waals surface area (Å²) >= 11 is 0. The summed E-state index contributed by atoms with van der Waals surface area (Å²) in [7, 11) is 0. The lowest BCUT2D eigenvalue weighted by atomic mass is 10.1. The summed E-state index contributed by atoms with van der Waals surface area (Å²) in [6.45, 7) is 2.02. The van der Waals surface area contributed by atoms with Gasteiger partial charge in [-0.1, -0.05) is 12.1 Å². The van der Waals surface area contributed by atoms with E-state index in [1.807, 2.05) is 60.5 Å². The van der Waals surface area contributed by atoms with Gasteiger partial charge in [0.2, 0.25) is 0 Å². The van der Waals surface area contributed by atoms with Crippen molar-refractivity contribution >= 4 is 5.69 Å². The van der Waals surface area contributed by atoms with Crippen LogP contribution >= 0.6 is 0 Å². The first-order chi connectivity index (χ1) is 9.24. The lowest BCUT2D eigenvalue weighted by Gasteiger charge is -2.04. The molecule has 0 atom stereocenters. The molecule has 2 aromatic heterocycles. The molecule has 3 rings (SSSR count). The molecule has 3 aromatic rings. The number of anilines is 1. The van der Waals surface area contributed by atoms with Crippen molar-refractivity contribution in [2.24, 2.45) is 0 Å². The van der Waals surface area contributed by atoms with Crippen molar-refractivity contribution in [1.82, 2.24) is 14.8 Å². The molecule has 94 valence electrons. The second-order valence-electron chi connectivity index (χ2n) is 4.46. The number of hydrogen-bond donors (Lipinski definition) is 1. The summed E-state index contributed by atoms with van der Waals surface area (Å²) in [5.41, 5.74) is 10.8. The summed E-state index contributed by atoms with van der Waals surface area (Å²) in [5, 5.41) is 4.40. The van der Waals surface area contributed by atoms with Crippen LogP contribution in [0.4, 0.5) is 5.69 Å². The smallest absolute Gasteiger partial charge is 0.0705 e. The Hall–Kier alpha value is -2.62. The highest BCUT2D eigenvalue weighted by molar-refractivity contribution is 5.66. The van der Waals surface area contributed by atoms with Crippen LogP contribution < -0.4 is 5.73 Å². The van der Waals surface area contributed by atoms with Gasteiger partial charge in [0.25, 0.3) is 0 Å². The lowest BCUT2D eigenvalue weighted by molar-refractivity contribution is 0.869. The second-order valence-corrected chi connectivity index (χ2v) is 4.46. The lowest BCUT2D eigenvalue weighted by Crippen LogP contribution is -1.97. The molecule has 0 fully saturated rings. The molecule has 1 aromatic carbocycles. The first-order valence-electron chi connectivity index (χ1n) is 6.05. The van der Waals surface area contributed by atoms with Crippen LogP contribution in [0.2, 0.25) is 0 Å². The van der Waals surface area contributed by atoms with Gasteiger partial charge in [-0.05, 0) is 36.2 Å². The SMILES string of the molecule is Cc1cnccc1-n1cc(-c2cccc(N)c2)cn1. The van der Waals surface area contributed by atoms with E-state index in [1.165, 1.54) is 0 Å². The number of pyridine rings is 1. The van der Waals surface area contributed by atoms with Gasteiger partial charge in [-0.2, -0.15) is 5.10 Å². The molecule has 0 aliphatic carbocycles. The van der Waals surface area contributed by atoms with Crippen molar-refractivity contribution in [3.05, 3.63) is 60.7 Å². The third-order valence-electron chi connectivity index (χ3n) is 3.04. The molecule has 2 heterocycles. The van der Waals surface area contributed by atoms with Gasteiger partial charge in [-0.25, -0.2) is 4.68 Å². The summed E-state index contributed by atoms with van der Waals surface area (Å²) in [5.74, 6) is 0. The molecule has 2 N–H and O–H groups in total. The molecule has 0 saturated heterocycles. The predicted octanol–water partition coefficient (Wildman–Crippen LogP) is 2.82. The van der Waals surface area contributed by atoms with Crippen LogP contribution in [0.15, 0.2) is 55.1 Å². The van der Waals surface area contributed by atoms with Crippen LogP contribution in [-0.2, 0) is 0 Å². The largest absolute Gasteiger partial charge is 0.399 e. The van der Waals surface area contributed by atoms with Gasteiger partial charge < -0.3 is 5.73 Å². The maximum Gasteiger partial charge on any atom is 0.0705 e. The highest BCUT2D eigenvalue weighted by Gasteiger charge is 2.05. The number of rotatable bonds is 2. The summed E-state index contributed by atoms with van der Waals surface area (Å²) in [6.07, 6.45) is 7.44. The number of aromatic nitrogens is 3. The molecule has 0 aliphatic heterocycles. The minimum absolute atomic E-state index is 0.755. The fourth-order valence-electron chi connectivity index (χ4n) is 2.04. The molecule has 0 aliphatic rings. The fourth-order valence-corrected chi connectivity index (χ4v) is 2.04. The van der Waals surface area contributed by atoms with E-state index in [2.05, 4.69) is 10.1 Å². The van der Waals surface area contributed by atoms with Crippen molar-refractivity contribution < 1.29 is 0 Å². The number of hydrogen-bond acceptors (Lipinski definition) is 3. The minimum atomic E-state index is 0.755. The number of benzene rings is 1. The summed E-state index contributed by atoms with van der Waals surface area (Å²) in [6, 6.07) is 9.74. The molecule has 19 heavy (non-hydrogen) atoms. The molecule has 0 radical (unpaired) electrons. The highest BCUT2D eigenvalue weighted by Crippen LogP contribution is 2.22. The van der Waals surface area contributed by atoms with Gasteiger partial charge in [0, 0.05) is 29.8 Å². The zero-order chi connectivity index (χ0) is 13.2. The van der Waals surface area contributed by atoms with Crippen LogP contribution in [0.5, 0.6) is 0 Å². The van der Waals surface area contributed by atoms with Gasteiger partial charge >= 0.3 is 0 Å². The fraction of sp³-hybridized carbons (Fsp3) is 0.0667. The molecule has 4 heteroatoms. The Kier molecular flexibility index (Phi) is 2.76. The zero-order valence-electron chi connectivity index (χ0n) is 10.6. The second kappa shape index (κ2) is 4.57. The third kappa shape index (κ3) is 2.20. The quantitative estimate of drug-likeness (QED) is 0.711. The van der Waals surface area contributed by atoms with Crippen LogP contribution in [0.1, 0.15) is 5.56 Å². The van der Waals surface area contributed by atoms with Gasteiger partial charge in [-0.3, -0.25) is 4.98 Å². The minimum Gasteiger partial charge on any atom is -0.399 e. The zero-order valence-corrected chi connectivity index (χ0v) is 10.6. The molecule has 0 amide bonds. The highest BCUT2D eigenvalue weighted by atomic mass is 15.3. The molecule has 4 nitrogen and oxygen atoms in total. The Morgan fingerprint density at radius 1 is 1.11 bits per heavy atom. The van der Waals surface area contributed by atoms with Crippen LogP contribution in [0.25, 0.3) is 16.8 Å². The van der Waals surface area contributed by atoms with E-state index in [4.69, 9.17) is 5.73 Å². The Morgan fingerprint density at radius 2 is 2.00 bits per heavy atom. The van der Waals surface area contributed by atoms with E-state index in [1.54, 1.807) is 6.20 Å². The van der Waals surface area contributed by atoms with Crippen LogP contribution in [0.3, 0.4) is 0 Å².